The molecular weight excluding hydrogens is 347 g/mol. The van der Waals surface area contributed by atoms with Crippen LogP contribution in [-0.2, 0) is 9.47 Å². The molecule has 0 aromatic heterocycles. The SMILES string of the molecule is COCCN(C)CCN=C(N)N1CCOCC1.I. The highest BCUT2D eigenvalue weighted by atomic mass is 127. The van der Waals surface area contributed by atoms with E-state index in [1.54, 1.807) is 7.11 Å². The third-order valence-electron chi connectivity index (χ3n) is 2.77. The molecular formula is C11H25IN4O2. The van der Waals surface area contributed by atoms with Gasteiger partial charge in [-0.2, -0.15) is 0 Å². The van der Waals surface area contributed by atoms with Gasteiger partial charge >= 0.3 is 0 Å². The zero-order chi connectivity index (χ0) is 12.5. The van der Waals surface area contributed by atoms with Crippen LogP contribution in [0, 0.1) is 0 Å². The lowest BCUT2D eigenvalue weighted by Gasteiger charge is -2.27. The summed E-state index contributed by atoms with van der Waals surface area (Å²) in [7, 11) is 3.77. The van der Waals surface area contributed by atoms with E-state index in [9.17, 15) is 0 Å². The second kappa shape index (κ2) is 10.8. The maximum Gasteiger partial charge on any atom is 0.191 e. The Balaban J connectivity index is 0.00000289. The minimum Gasteiger partial charge on any atom is -0.383 e. The van der Waals surface area contributed by atoms with Gasteiger partial charge < -0.3 is 25.0 Å². The number of likely N-dealkylation sites (N-methyl/N-ethyl adjacent to an activating group) is 1. The normalized spacial score (nSPS) is 16.8. The Labute approximate surface area is 127 Å². The first-order valence-corrected chi connectivity index (χ1v) is 6.04. The number of halogens is 1. The molecule has 18 heavy (non-hydrogen) atoms. The lowest BCUT2D eigenvalue weighted by Crippen LogP contribution is -2.45. The Bertz CT molecular complexity index is 235. The van der Waals surface area contributed by atoms with E-state index in [1.165, 1.54) is 0 Å². The van der Waals surface area contributed by atoms with E-state index >= 15 is 0 Å². The number of methoxy groups -OCH3 is 1. The van der Waals surface area contributed by atoms with E-state index in [0.717, 1.165) is 52.5 Å². The molecule has 1 heterocycles. The molecule has 108 valence electrons. The van der Waals surface area contributed by atoms with Crippen LogP contribution in [0.2, 0.25) is 0 Å². The summed E-state index contributed by atoms with van der Waals surface area (Å²) in [6.45, 7) is 6.46. The van der Waals surface area contributed by atoms with Crippen LogP contribution in [0.15, 0.2) is 4.99 Å². The molecule has 1 fully saturated rings. The summed E-state index contributed by atoms with van der Waals surface area (Å²) >= 11 is 0. The molecule has 0 amide bonds. The van der Waals surface area contributed by atoms with Crippen LogP contribution in [0.25, 0.3) is 0 Å². The minimum atomic E-state index is 0. The summed E-state index contributed by atoms with van der Waals surface area (Å²) < 4.78 is 10.3. The Hall–Kier alpha value is -0.120. The Morgan fingerprint density at radius 1 is 1.39 bits per heavy atom. The predicted molar refractivity (Wildman–Crippen MR) is 83.7 cm³/mol. The van der Waals surface area contributed by atoms with Gasteiger partial charge in [-0.1, -0.05) is 0 Å². The molecule has 0 aromatic carbocycles. The number of guanidine groups is 1. The van der Waals surface area contributed by atoms with Gasteiger partial charge in [-0.3, -0.25) is 4.99 Å². The Morgan fingerprint density at radius 3 is 2.67 bits per heavy atom. The lowest BCUT2D eigenvalue weighted by atomic mass is 10.4. The number of nitrogens with two attached hydrogens (primary N) is 1. The predicted octanol–water partition coefficient (Wildman–Crippen LogP) is -0.170. The van der Waals surface area contributed by atoms with Crippen molar-refractivity contribution in [3.63, 3.8) is 0 Å². The van der Waals surface area contributed by atoms with Crippen molar-refractivity contribution in [2.75, 3.05) is 66.7 Å². The molecule has 1 rings (SSSR count). The van der Waals surface area contributed by atoms with Gasteiger partial charge in [-0.05, 0) is 7.05 Å². The highest BCUT2D eigenvalue weighted by Gasteiger charge is 2.11. The maximum atomic E-state index is 5.91. The smallest absolute Gasteiger partial charge is 0.191 e. The number of nitrogens with zero attached hydrogens (tertiary/aromatic N) is 3. The molecule has 1 aliphatic rings. The molecule has 0 radical (unpaired) electrons. The average molecular weight is 372 g/mol. The molecule has 0 aromatic rings. The summed E-state index contributed by atoms with van der Waals surface area (Å²) in [5.41, 5.74) is 5.91. The van der Waals surface area contributed by atoms with Gasteiger partial charge in [0.15, 0.2) is 5.96 Å². The lowest BCUT2D eigenvalue weighted by molar-refractivity contribution is 0.0674. The van der Waals surface area contributed by atoms with E-state index in [1.807, 2.05) is 0 Å². The molecule has 7 heteroatoms. The summed E-state index contributed by atoms with van der Waals surface area (Å²) in [6.07, 6.45) is 0. The molecule has 1 saturated heterocycles. The largest absolute Gasteiger partial charge is 0.383 e. The topological polar surface area (TPSA) is 63.3 Å². The highest BCUT2D eigenvalue weighted by Crippen LogP contribution is 1.96. The minimum absolute atomic E-state index is 0. The average Bonchev–Trinajstić information content (AvgIpc) is 2.37. The van der Waals surface area contributed by atoms with Crippen LogP contribution in [0.4, 0.5) is 0 Å². The molecule has 1 aliphatic heterocycles. The van der Waals surface area contributed by atoms with Gasteiger partial charge in [0, 0.05) is 33.3 Å². The van der Waals surface area contributed by atoms with Crippen molar-refractivity contribution < 1.29 is 9.47 Å². The van der Waals surface area contributed by atoms with Crippen LogP contribution in [0.3, 0.4) is 0 Å². The third kappa shape index (κ3) is 7.34. The van der Waals surface area contributed by atoms with Crippen molar-refractivity contribution in [3.8, 4) is 0 Å². The summed E-state index contributed by atoms with van der Waals surface area (Å²) in [4.78, 5) is 8.63. The van der Waals surface area contributed by atoms with Crippen molar-refractivity contribution in [2.45, 2.75) is 0 Å². The Morgan fingerprint density at radius 2 is 2.06 bits per heavy atom. The van der Waals surface area contributed by atoms with Crippen molar-refractivity contribution in [1.82, 2.24) is 9.80 Å². The zero-order valence-electron chi connectivity index (χ0n) is 11.3. The van der Waals surface area contributed by atoms with Crippen LogP contribution >= 0.6 is 24.0 Å². The summed E-state index contributed by atoms with van der Waals surface area (Å²) in [5.74, 6) is 0.633. The fourth-order valence-corrected chi connectivity index (χ4v) is 1.59. The van der Waals surface area contributed by atoms with Crippen molar-refractivity contribution in [1.29, 1.82) is 0 Å². The first-order valence-electron chi connectivity index (χ1n) is 6.04. The molecule has 0 spiro atoms. The molecule has 0 atom stereocenters. The Kier molecular flexibility index (Phi) is 10.7. The second-order valence-electron chi connectivity index (χ2n) is 4.14. The fourth-order valence-electron chi connectivity index (χ4n) is 1.59. The first kappa shape index (κ1) is 17.9. The van der Waals surface area contributed by atoms with Crippen molar-refractivity contribution in [2.24, 2.45) is 10.7 Å². The molecule has 0 aliphatic carbocycles. The third-order valence-corrected chi connectivity index (χ3v) is 2.77. The molecule has 2 N–H and O–H groups in total. The summed E-state index contributed by atoms with van der Waals surface area (Å²) in [6, 6.07) is 0. The monoisotopic (exact) mass is 372 g/mol. The number of hydrogen-bond acceptors (Lipinski definition) is 4. The number of morpholine rings is 1. The van der Waals surface area contributed by atoms with E-state index in [0.29, 0.717) is 5.96 Å². The zero-order valence-corrected chi connectivity index (χ0v) is 13.6. The molecule has 0 saturated carbocycles. The van der Waals surface area contributed by atoms with Crippen LogP contribution in [0.1, 0.15) is 0 Å². The van der Waals surface area contributed by atoms with Crippen molar-refractivity contribution >= 4 is 29.9 Å². The molecule has 0 unspecified atom stereocenters. The second-order valence-corrected chi connectivity index (χ2v) is 4.14. The van der Waals surface area contributed by atoms with E-state index in [-0.39, 0.29) is 24.0 Å². The van der Waals surface area contributed by atoms with E-state index in [2.05, 4.69) is 21.8 Å². The summed E-state index contributed by atoms with van der Waals surface area (Å²) in [5, 5.41) is 0. The van der Waals surface area contributed by atoms with E-state index in [4.69, 9.17) is 15.2 Å². The van der Waals surface area contributed by atoms with Gasteiger partial charge in [-0.25, -0.2) is 0 Å². The van der Waals surface area contributed by atoms with Crippen molar-refractivity contribution in [3.05, 3.63) is 0 Å². The number of hydrogen-bond donors (Lipinski definition) is 1. The first-order chi connectivity index (χ1) is 8.24. The van der Waals surface area contributed by atoms with Gasteiger partial charge in [-0.15, -0.1) is 24.0 Å². The van der Waals surface area contributed by atoms with E-state index < -0.39 is 0 Å². The van der Waals surface area contributed by atoms with Crippen LogP contribution in [-0.4, -0.2) is 82.5 Å². The number of aliphatic imine (C=N–C) groups is 1. The quantitative estimate of drug-likeness (QED) is 0.399. The van der Waals surface area contributed by atoms with Gasteiger partial charge in [0.05, 0.1) is 26.4 Å². The maximum absolute atomic E-state index is 5.91. The van der Waals surface area contributed by atoms with Gasteiger partial charge in [0.25, 0.3) is 0 Å². The van der Waals surface area contributed by atoms with Crippen LogP contribution < -0.4 is 5.73 Å². The van der Waals surface area contributed by atoms with Gasteiger partial charge in [0.2, 0.25) is 0 Å². The van der Waals surface area contributed by atoms with Gasteiger partial charge in [0.1, 0.15) is 0 Å². The van der Waals surface area contributed by atoms with Crippen LogP contribution in [0.5, 0.6) is 0 Å². The standard InChI is InChI=1S/C11H24N4O2.HI/c1-14(5-8-16-2)4-3-13-11(12)15-6-9-17-10-7-15;/h3-10H2,1-2H3,(H2,12,13);1H. The number of ether oxygens (including phenoxy) is 2. The molecule has 0 bridgehead atoms. The highest BCUT2D eigenvalue weighted by molar-refractivity contribution is 14.0. The molecule has 6 nitrogen and oxygen atoms in total. The fraction of sp³-hybridized carbons (Fsp3) is 0.909. The number of rotatable bonds is 6.